The number of nitrogens with one attached hydrogen (secondary N) is 1. The fourth-order valence-electron chi connectivity index (χ4n) is 4.20. The Morgan fingerprint density at radius 2 is 1.91 bits per heavy atom. The van der Waals surface area contributed by atoms with Crippen molar-refractivity contribution >= 4 is 17.0 Å². The highest BCUT2D eigenvalue weighted by molar-refractivity contribution is 5.81. The summed E-state index contributed by atoms with van der Waals surface area (Å²) in [5.74, 6) is 0.261. The van der Waals surface area contributed by atoms with Crippen LogP contribution < -0.4 is 10.9 Å². The lowest BCUT2D eigenvalue weighted by atomic mass is 10.1. The van der Waals surface area contributed by atoms with Crippen molar-refractivity contribution in [3.8, 4) is 11.4 Å². The highest BCUT2D eigenvalue weighted by atomic mass is 16.5. The van der Waals surface area contributed by atoms with Gasteiger partial charge in [0.25, 0.3) is 5.56 Å². The number of carbonyl (C=O) groups excluding carboxylic acids is 1. The van der Waals surface area contributed by atoms with E-state index in [0.717, 1.165) is 28.0 Å². The summed E-state index contributed by atoms with van der Waals surface area (Å²) in [6.45, 7) is 9.82. The molecule has 0 aliphatic heterocycles. The largest absolute Gasteiger partial charge is 0.462 e. The number of esters is 1. The minimum atomic E-state index is -0.904. The average molecular weight is 485 g/mol. The zero-order valence-corrected chi connectivity index (χ0v) is 21.5. The molecule has 9 heteroatoms. The molecule has 0 spiro atoms. The van der Waals surface area contributed by atoms with Gasteiger partial charge in [-0.2, -0.15) is 0 Å². The summed E-state index contributed by atoms with van der Waals surface area (Å²) in [4.78, 5) is 29.5. The maximum Gasteiger partial charge on any atom is 0.326 e. The number of carbonyl (C=O) groups is 1. The molecule has 1 aromatic carbocycles. The van der Waals surface area contributed by atoms with Crippen LogP contribution in [0.4, 0.5) is 0 Å². The SMILES string of the molecule is COC[C@@H](C)n1c(-c2cc(C)c(=O)n(C)c2)nc2cc(CNC(C(=O)OC(C)C)[C@@H](C)O)ccc21. The number of hydrogen-bond donors (Lipinski definition) is 2. The molecule has 3 rings (SSSR count). The summed E-state index contributed by atoms with van der Waals surface area (Å²) < 4.78 is 14.4. The molecule has 0 aliphatic rings. The second-order valence-electron chi connectivity index (χ2n) is 9.35. The average Bonchev–Trinajstić information content (AvgIpc) is 3.15. The van der Waals surface area contributed by atoms with Gasteiger partial charge in [-0.05, 0) is 58.4 Å². The minimum absolute atomic E-state index is 0.00642. The van der Waals surface area contributed by atoms with Gasteiger partial charge in [0.2, 0.25) is 0 Å². The van der Waals surface area contributed by atoms with E-state index in [4.69, 9.17) is 14.5 Å². The summed E-state index contributed by atoms with van der Waals surface area (Å²) in [6, 6.07) is 6.95. The van der Waals surface area contributed by atoms with Crippen LogP contribution in [-0.4, -0.2) is 57.2 Å². The van der Waals surface area contributed by atoms with Gasteiger partial charge in [0.05, 0.1) is 35.9 Å². The lowest BCUT2D eigenvalue weighted by molar-refractivity contribution is -0.152. The first-order valence-electron chi connectivity index (χ1n) is 11.8. The molecule has 0 amide bonds. The highest BCUT2D eigenvalue weighted by Gasteiger charge is 2.26. The van der Waals surface area contributed by atoms with Gasteiger partial charge < -0.3 is 23.7 Å². The number of aryl methyl sites for hydroxylation is 2. The predicted molar refractivity (Wildman–Crippen MR) is 135 cm³/mol. The molecule has 1 unspecified atom stereocenters. The number of aliphatic hydroxyl groups excluding tert-OH is 1. The summed E-state index contributed by atoms with van der Waals surface area (Å²) in [5, 5.41) is 13.2. The molecular formula is C26H36N4O5. The van der Waals surface area contributed by atoms with E-state index in [-0.39, 0.29) is 17.7 Å². The van der Waals surface area contributed by atoms with E-state index in [0.29, 0.717) is 18.7 Å². The molecule has 0 aliphatic carbocycles. The van der Waals surface area contributed by atoms with Gasteiger partial charge in [-0.3, -0.25) is 14.9 Å². The summed E-state index contributed by atoms with van der Waals surface area (Å²) in [7, 11) is 3.40. The Morgan fingerprint density at radius 1 is 1.20 bits per heavy atom. The Balaban J connectivity index is 1.99. The van der Waals surface area contributed by atoms with E-state index in [2.05, 4.69) is 16.8 Å². The van der Waals surface area contributed by atoms with Crippen LogP contribution in [0.2, 0.25) is 0 Å². The van der Waals surface area contributed by atoms with Gasteiger partial charge in [0.15, 0.2) is 0 Å². The Kier molecular flexibility index (Phi) is 8.47. The fourth-order valence-corrected chi connectivity index (χ4v) is 4.20. The molecule has 35 heavy (non-hydrogen) atoms. The molecule has 0 bridgehead atoms. The van der Waals surface area contributed by atoms with Crippen molar-refractivity contribution in [3.63, 3.8) is 0 Å². The van der Waals surface area contributed by atoms with E-state index in [9.17, 15) is 14.7 Å². The Bertz CT molecular complexity index is 1220. The molecule has 3 atom stereocenters. The lowest BCUT2D eigenvalue weighted by Gasteiger charge is -2.21. The van der Waals surface area contributed by atoms with Gasteiger partial charge in [-0.15, -0.1) is 0 Å². The molecule has 9 nitrogen and oxygen atoms in total. The van der Waals surface area contributed by atoms with Crippen LogP contribution in [0.3, 0.4) is 0 Å². The number of ether oxygens (including phenoxy) is 2. The lowest BCUT2D eigenvalue weighted by Crippen LogP contribution is -2.46. The van der Waals surface area contributed by atoms with Crippen LogP contribution in [-0.2, 0) is 27.9 Å². The molecule has 0 saturated heterocycles. The second kappa shape index (κ2) is 11.2. The molecule has 2 N–H and O–H groups in total. The fraction of sp³-hybridized carbons (Fsp3) is 0.500. The van der Waals surface area contributed by atoms with Crippen molar-refractivity contribution in [1.82, 2.24) is 19.4 Å². The summed E-state index contributed by atoms with van der Waals surface area (Å²) >= 11 is 0. The van der Waals surface area contributed by atoms with E-state index >= 15 is 0 Å². The number of nitrogens with zero attached hydrogens (tertiary/aromatic N) is 3. The number of benzene rings is 1. The van der Waals surface area contributed by atoms with Crippen LogP contribution in [0.1, 0.15) is 44.9 Å². The maximum atomic E-state index is 12.4. The Labute approximate surface area is 205 Å². The van der Waals surface area contributed by atoms with Crippen LogP contribution >= 0.6 is 0 Å². The molecule has 3 aromatic rings. The Morgan fingerprint density at radius 3 is 2.51 bits per heavy atom. The highest BCUT2D eigenvalue weighted by Crippen LogP contribution is 2.29. The molecular weight excluding hydrogens is 448 g/mol. The number of rotatable bonds is 10. The molecule has 2 aromatic heterocycles. The number of aromatic nitrogens is 3. The van der Waals surface area contributed by atoms with Gasteiger partial charge in [-0.25, -0.2) is 4.98 Å². The zero-order valence-electron chi connectivity index (χ0n) is 21.5. The monoisotopic (exact) mass is 484 g/mol. The molecule has 2 heterocycles. The first-order chi connectivity index (χ1) is 16.5. The number of methoxy groups -OCH3 is 1. The van der Waals surface area contributed by atoms with Gasteiger partial charge in [0, 0.05) is 38.0 Å². The van der Waals surface area contributed by atoms with Crippen molar-refractivity contribution in [3.05, 3.63) is 51.9 Å². The van der Waals surface area contributed by atoms with E-state index in [1.165, 1.54) is 0 Å². The topological polar surface area (TPSA) is 108 Å². The van der Waals surface area contributed by atoms with Gasteiger partial charge >= 0.3 is 5.97 Å². The third kappa shape index (κ3) is 5.98. The molecule has 0 radical (unpaired) electrons. The quantitative estimate of drug-likeness (QED) is 0.426. The number of imidazole rings is 1. The molecule has 190 valence electrons. The standard InChI is InChI=1S/C26H36N4O5/c1-15(2)35-26(33)23(18(5)31)27-12-19-8-9-22-21(11-19)28-24(30(22)17(4)14-34-7)20-10-16(3)25(32)29(6)13-20/h8-11,13,15,17-18,23,27,31H,12,14H2,1-7H3/t17-,18-,23?/m1/s1. The van der Waals surface area contributed by atoms with Crippen molar-refractivity contribution in [1.29, 1.82) is 0 Å². The number of pyridine rings is 1. The van der Waals surface area contributed by atoms with E-state index in [1.807, 2.05) is 24.3 Å². The van der Waals surface area contributed by atoms with Crippen molar-refractivity contribution < 1.29 is 19.4 Å². The first-order valence-corrected chi connectivity index (χ1v) is 11.8. The third-order valence-corrected chi connectivity index (χ3v) is 5.84. The normalized spacial score (nSPS) is 14.3. The maximum absolute atomic E-state index is 12.4. The minimum Gasteiger partial charge on any atom is -0.462 e. The zero-order chi connectivity index (χ0) is 25.9. The van der Waals surface area contributed by atoms with Crippen LogP contribution in [0.5, 0.6) is 0 Å². The number of fused-ring (bicyclic) bond motifs is 1. The van der Waals surface area contributed by atoms with Crippen molar-refractivity contribution in [2.45, 2.75) is 65.5 Å². The second-order valence-corrected chi connectivity index (χ2v) is 9.35. The van der Waals surface area contributed by atoms with Gasteiger partial charge in [-0.1, -0.05) is 6.07 Å². The Hall–Kier alpha value is -3.01. The molecule has 0 fully saturated rings. The van der Waals surface area contributed by atoms with E-state index in [1.54, 1.807) is 52.6 Å². The van der Waals surface area contributed by atoms with Crippen LogP contribution in [0, 0.1) is 6.92 Å². The smallest absolute Gasteiger partial charge is 0.326 e. The summed E-state index contributed by atoms with van der Waals surface area (Å²) in [5.41, 5.74) is 4.07. The van der Waals surface area contributed by atoms with E-state index < -0.39 is 18.1 Å². The summed E-state index contributed by atoms with van der Waals surface area (Å²) in [6.07, 6.45) is 0.626. The predicted octanol–water partition coefficient (Wildman–Crippen LogP) is 2.71. The molecule has 0 saturated carbocycles. The first kappa shape index (κ1) is 26.6. The third-order valence-electron chi connectivity index (χ3n) is 5.84. The van der Waals surface area contributed by atoms with Crippen molar-refractivity contribution in [2.24, 2.45) is 7.05 Å². The van der Waals surface area contributed by atoms with Gasteiger partial charge in [0.1, 0.15) is 11.9 Å². The number of aliphatic hydroxyl groups is 1. The number of hydrogen-bond acceptors (Lipinski definition) is 7. The van der Waals surface area contributed by atoms with Crippen molar-refractivity contribution in [2.75, 3.05) is 13.7 Å². The van der Waals surface area contributed by atoms with Crippen LogP contribution in [0.25, 0.3) is 22.4 Å². The van der Waals surface area contributed by atoms with Crippen LogP contribution in [0.15, 0.2) is 35.3 Å².